The first-order valence-electron chi connectivity index (χ1n) is 8.36. The Morgan fingerprint density at radius 3 is 0.900 bits per heavy atom. The van der Waals surface area contributed by atoms with Crippen LogP contribution in [0.25, 0.3) is 0 Å². The van der Waals surface area contributed by atoms with Gasteiger partial charge in [0, 0.05) is 0 Å². The maximum absolute atomic E-state index is 7.00. The maximum atomic E-state index is 7.00. The lowest BCUT2D eigenvalue weighted by molar-refractivity contribution is 0.793. The average molecular weight is 356 g/mol. The van der Waals surface area contributed by atoms with Crippen LogP contribution in [0.3, 0.4) is 0 Å². The topological polar surface area (TPSA) is 0 Å². The molecule has 0 heterocycles. The fraction of sp³-hybridized carbons (Fsp3) is 1.00. The van der Waals surface area contributed by atoms with Crippen LogP contribution < -0.4 is 0 Å². The monoisotopic (exact) mass is 354 g/mol. The van der Waals surface area contributed by atoms with E-state index in [9.17, 15) is 0 Å². The Hall–Kier alpha value is 1.01. The molecule has 0 unspecified atom stereocenters. The van der Waals surface area contributed by atoms with Crippen LogP contribution in [0, 0.1) is 0 Å². The molecule has 122 valence electrons. The van der Waals surface area contributed by atoms with E-state index in [0.29, 0.717) is 22.2 Å². The summed E-state index contributed by atoms with van der Waals surface area (Å²) in [5.74, 6) is 0. The molecular formula is C16H36Cl2Si2. The summed E-state index contributed by atoms with van der Waals surface area (Å²) in [4.78, 5) is 0. The molecule has 0 bridgehead atoms. The van der Waals surface area contributed by atoms with Crippen molar-refractivity contribution < 1.29 is 0 Å². The molecule has 0 rings (SSSR count). The van der Waals surface area contributed by atoms with E-state index >= 15 is 0 Å². The second kappa shape index (κ2) is 8.60. The van der Waals surface area contributed by atoms with Crippen LogP contribution in [0.4, 0.5) is 0 Å². The lowest BCUT2D eigenvalue weighted by atomic mass is 10.4. The van der Waals surface area contributed by atoms with Gasteiger partial charge in [-0.05, 0) is 34.3 Å². The van der Waals surface area contributed by atoms with Gasteiger partial charge in [-0.15, -0.1) is 0 Å². The highest BCUT2D eigenvalue weighted by atomic mass is 35.6. The highest BCUT2D eigenvalue weighted by molar-refractivity contribution is 7.22. The molecule has 0 aromatic heterocycles. The molecule has 0 N–H and O–H groups in total. The first kappa shape index (κ1) is 21.0. The van der Waals surface area contributed by atoms with Crippen LogP contribution in [-0.4, -0.2) is 14.8 Å². The van der Waals surface area contributed by atoms with Crippen LogP contribution in [0.1, 0.15) is 68.2 Å². The molecule has 0 aliphatic rings. The molecular weight excluding hydrogens is 319 g/mol. The van der Waals surface area contributed by atoms with Gasteiger partial charge >= 0.3 is 0 Å². The third-order valence-electron chi connectivity index (χ3n) is 5.21. The standard InChI is InChI=1S/C16H36Cl2Si2/c1-13(2)19(17,14(3)4)11-9-10-12-20(18,15(5)6)16(7)8/h13-16H,9-12H2,1-8H3. The van der Waals surface area contributed by atoms with Crippen molar-refractivity contribution in [3.63, 3.8) is 0 Å². The molecule has 0 radical (unpaired) electrons. The highest BCUT2D eigenvalue weighted by Crippen LogP contribution is 2.43. The highest BCUT2D eigenvalue weighted by Gasteiger charge is 2.39. The van der Waals surface area contributed by atoms with E-state index < -0.39 is 14.8 Å². The van der Waals surface area contributed by atoms with Gasteiger partial charge in [-0.1, -0.05) is 68.2 Å². The minimum absolute atomic E-state index is 0.664. The van der Waals surface area contributed by atoms with Crippen molar-refractivity contribution >= 4 is 36.9 Å². The number of unbranched alkanes of at least 4 members (excludes halogenated alkanes) is 1. The van der Waals surface area contributed by atoms with E-state index in [2.05, 4.69) is 55.4 Å². The summed E-state index contributed by atoms with van der Waals surface area (Å²) in [6, 6.07) is 2.50. The maximum Gasteiger partial charge on any atom is 0.161 e. The smallest absolute Gasteiger partial charge is 0.161 e. The van der Waals surface area contributed by atoms with Gasteiger partial charge in [-0.25, -0.2) is 0 Å². The van der Waals surface area contributed by atoms with Gasteiger partial charge in [0.05, 0.1) is 0 Å². The largest absolute Gasteiger partial charge is 0.166 e. The fourth-order valence-electron chi connectivity index (χ4n) is 3.28. The van der Waals surface area contributed by atoms with Crippen LogP contribution >= 0.6 is 22.2 Å². The van der Waals surface area contributed by atoms with Crippen LogP contribution in [0.2, 0.25) is 34.3 Å². The zero-order valence-electron chi connectivity index (χ0n) is 14.9. The quantitative estimate of drug-likeness (QED) is 0.225. The molecule has 20 heavy (non-hydrogen) atoms. The predicted octanol–water partition coefficient (Wildman–Crippen LogP) is 7.78. The van der Waals surface area contributed by atoms with E-state index in [1.54, 1.807) is 0 Å². The Labute approximate surface area is 139 Å². The molecule has 0 aliphatic heterocycles. The third kappa shape index (κ3) is 5.33. The van der Waals surface area contributed by atoms with Crippen molar-refractivity contribution in [1.82, 2.24) is 0 Å². The SMILES string of the molecule is CC(C)[Si](Cl)(CCCC[Si](Cl)(C(C)C)C(C)C)C(C)C. The number of hydrogen-bond donors (Lipinski definition) is 0. The van der Waals surface area contributed by atoms with E-state index in [1.807, 2.05) is 0 Å². The second-order valence-electron chi connectivity index (χ2n) is 7.68. The van der Waals surface area contributed by atoms with Crippen LogP contribution in [0.15, 0.2) is 0 Å². The van der Waals surface area contributed by atoms with Crippen molar-refractivity contribution in [2.45, 2.75) is 102 Å². The molecule has 0 aromatic rings. The average Bonchev–Trinajstić information content (AvgIpc) is 2.32. The minimum atomic E-state index is -1.61. The Morgan fingerprint density at radius 1 is 0.550 bits per heavy atom. The molecule has 0 atom stereocenters. The first-order chi connectivity index (χ1) is 8.98. The molecule has 0 aliphatic carbocycles. The van der Waals surface area contributed by atoms with Crippen LogP contribution in [-0.2, 0) is 0 Å². The summed E-state index contributed by atoms with van der Waals surface area (Å²) in [5.41, 5.74) is 2.66. The molecule has 4 heteroatoms. The zero-order valence-corrected chi connectivity index (χ0v) is 18.4. The van der Waals surface area contributed by atoms with Gasteiger partial charge in [-0.2, -0.15) is 22.2 Å². The van der Waals surface area contributed by atoms with Crippen molar-refractivity contribution in [2.75, 3.05) is 0 Å². The lowest BCUT2D eigenvalue weighted by Gasteiger charge is -2.35. The lowest BCUT2D eigenvalue weighted by Crippen LogP contribution is -2.36. The molecule has 0 saturated carbocycles. The number of hydrogen-bond acceptors (Lipinski definition) is 0. The molecule has 0 aromatic carbocycles. The summed E-state index contributed by atoms with van der Waals surface area (Å²) < 4.78 is 0. The fourth-order valence-corrected chi connectivity index (χ4v) is 10.6. The molecule has 0 nitrogen and oxygen atoms in total. The zero-order chi connectivity index (χ0) is 16.1. The Morgan fingerprint density at radius 2 is 0.750 bits per heavy atom. The van der Waals surface area contributed by atoms with Crippen molar-refractivity contribution in [2.24, 2.45) is 0 Å². The summed E-state index contributed by atoms with van der Waals surface area (Å²) in [7, 11) is -3.22. The normalized spacial score (nSPS) is 14.1. The summed E-state index contributed by atoms with van der Waals surface area (Å²) in [6.07, 6.45) is 2.54. The predicted molar refractivity (Wildman–Crippen MR) is 102 cm³/mol. The Kier molecular flexibility index (Phi) is 9.03. The first-order valence-corrected chi connectivity index (χ1v) is 15.1. The molecule has 0 amide bonds. The van der Waals surface area contributed by atoms with Crippen molar-refractivity contribution in [3.8, 4) is 0 Å². The Balaban J connectivity index is 4.44. The molecule has 0 spiro atoms. The third-order valence-corrected chi connectivity index (χ3v) is 21.5. The number of rotatable bonds is 9. The van der Waals surface area contributed by atoms with Crippen molar-refractivity contribution in [3.05, 3.63) is 0 Å². The van der Waals surface area contributed by atoms with E-state index in [4.69, 9.17) is 22.2 Å². The second-order valence-corrected chi connectivity index (χ2v) is 21.2. The molecule has 0 saturated heterocycles. The Bertz CT molecular complexity index is 232. The van der Waals surface area contributed by atoms with Gasteiger partial charge < -0.3 is 0 Å². The van der Waals surface area contributed by atoms with Gasteiger partial charge in [0.1, 0.15) is 0 Å². The summed E-state index contributed by atoms with van der Waals surface area (Å²) in [5, 5.41) is 0. The van der Waals surface area contributed by atoms with E-state index in [-0.39, 0.29) is 0 Å². The van der Waals surface area contributed by atoms with Gasteiger partial charge in [-0.3, -0.25) is 0 Å². The van der Waals surface area contributed by atoms with Gasteiger partial charge in [0.15, 0.2) is 14.8 Å². The molecule has 0 fully saturated rings. The minimum Gasteiger partial charge on any atom is -0.166 e. The van der Waals surface area contributed by atoms with E-state index in [1.165, 1.54) is 24.9 Å². The van der Waals surface area contributed by atoms with E-state index in [0.717, 1.165) is 0 Å². The summed E-state index contributed by atoms with van der Waals surface area (Å²) in [6.45, 7) is 18.5. The number of halogens is 2. The summed E-state index contributed by atoms with van der Waals surface area (Å²) >= 11 is 14.0. The van der Waals surface area contributed by atoms with Gasteiger partial charge in [0.2, 0.25) is 0 Å². The van der Waals surface area contributed by atoms with Crippen molar-refractivity contribution in [1.29, 1.82) is 0 Å². The van der Waals surface area contributed by atoms with Crippen LogP contribution in [0.5, 0.6) is 0 Å². The van der Waals surface area contributed by atoms with Gasteiger partial charge in [0.25, 0.3) is 0 Å².